The minimum absolute atomic E-state index is 0.271. The Labute approximate surface area is 92.9 Å². The van der Waals surface area contributed by atoms with Crippen molar-refractivity contribution in [3.8, 4) is 0 Å². The van der Waals surface area contributed by atoms with Gasteiger partial charge in [0.15, 0.2) is 5.76 Å². The van der Waals surface area contributed by atoms with Crippen LogP contribution in [-0.4, -0.2) is 16.1 Å². The fourth-order valence-electron chi connectivity index (χ4n) is 1.34. The first kappa shape index (κ1) is 10.5. The van der Waals surface area contributed by atoms with Crippen molar-refractivity contribution < 1.29 is 9.21 Å². The lowest BCUT2D eigenvalue weighted by Gasteiger charge is -2.00. The molecule has 5 heteroatoms. The molecular formula is C11H13N3O2. The summed E-state index contributed by atoms with van der Waals surface area (Å²) in [4.78, 5) is 11.7. The van der Waals surface area contributed by atoms with E-state index in [1.54, 1.807) is 18.3 Å². The molecule has 2 aromatic heterocycles. The SMILES string of the molecule is CCc1ccc(C(=O)Nc2[nH]ncc2C)o1. The van der Waals surface area contributed by atoms with E-state index >= 15 is 0 Å². The largest absolute Gasteiger partial charge is 0.456 e. The lowest BCUT2D eigenvalue weighted by Crippen LogP contribution is -2.11. The molecule has 0 aliphatic carbocycles. The van der Waals surface area contributed by atoms with Gasteiger partial charge in [0.05, 0.1) is 6.20 Å². The van der Waals surface area contributed by atoms with Gasteiger partial charge in [-0.2, -0.15) is 5.10 Å². The minimum Gasteiger partial charge on any atom is -0.456 e. The van der Waals surface area contributed by atoms with E-state index in [1.807, 2.05) is 13.8 Å². The number of anilines is 1. The zero-order valence-electron chi connectivity index (χ0n) is 9.20. The van der Waals surface area contributed by atoms with Crippen LogP contribution in [0.15, 0.2) is 22.7 Å². The van der Waals surface area contributed by atoms with Gasteiger partial charge in [-0.3, -0.25) is 9.89 Å². The highest BCUT2D eigenvalue weighted by Gasteiger charge is 2.12. The molecule has 0 spiro atoms. The molecule has 2 aromatic rings. The topological polar surface area (TPSA) is 70.9 Å². The van der Waals surface area contributed by atoms with Crippen LogP contribution < -0.4 is 5.32 Å². The Hall–Kier alpha value is -2.04. The van der Waals surface area contributed by atoms with Crippen LogP contribution in [0.5, 0.6) is 0 Å². The van der Waals surface area contributed by atoms with E-state index in [1.165, 1.54) is 0 Å². The van der Waals surface area contributed by atoms with E-state index in [0.717, 1.165) is 17.7 Å². The predicted octanol–water partition coefficient (Wildman–Crippen LogP) is 2.13. The molecule has 0 bridgehead atoms. The minimum atomic E-state index is -0.271. The molecule has 0 aliphatic heterocycles. The second-order valence-corrected chi connectivity index (χ2v) is 3.50. The molecule has 2 heterocycles. The first-order chi connectivity index (χ1) is 7.70. The fraction of sp³-hybridized carbons (Fsp3) is 0.273. The van der Waals surface area contributed by atoms with Gasteiger partial charge in [-0.05, 0) is 19.1 Å². The molecular weight excluding hydrogens is 206 g/mol. The average Bonchev–Trinajstić information content (AvgIpc) is 2.88. The Kier molecular flexibility index (Phi) is 2.76. The molecule has 0 aromatic carbocycles. The Morgan fingerprint density at radius 2 is 2.38 bits per heavy atom. The smallest absolute Gasteiger partial charge is 0.292 e. The summed E-state index contributed by atoms with van der Waals surface area (Å²) in [7, 11) is 0. The summed E-state index contributed by atoms with van der Waals surface area (Å²) >= 11 is 0. The van der Waals surface area contributed by atoms with Crippen molar-refractivity contribution in [1.82, 2.24) is 10.2 Å². The van der Waals surface area contributed by atoms with Gasteiger partial charge < -0.3 is 9.73 Å². The molecule has 84 valence electrons. The van der Waals surface area contributed by atoms with Crippen LogP contribution in [0.3, 0.4) is 0 Å². The van der Waals surface area contributed by atoms with Gasteiger partial charge in [0.1, 0.15) is 11.6 Å². The monoisotopic (exact) mass is 219 g/mol. The van der Waals surface area contributed by atoms with Gasteiger partial charge in [-0.15, -0.1) is 0 Å². The van der Waals surface area contributed by atoms with Crippen molar-refractivity contribution in [3.63, 3.8) is 0 Å². The first-order valence-electron chi connectivity index (χ1n) is 5.10. The number of carbonyl (C=O) groups is 1. The lowest BCUT2D eigenvalue weighted by atomic mass is 10.3. The van der Waals surface area contributed by atoms with Crippen LogP contribution in [-0.2, 0) is 6.42 Å². The maximum Gasteiger partial charge on any atom is 0.292 e. The highest BCUT2D eigenvalue weighted by Crippen LogP contribution is 2.13. The third-order valence-electron chi connectivity index (χ3n) is 2.30. The molecule has 0 aliphatic rings. The molecule has 1 amide bonds. The molecule has 0 saturated carbocycles. The molecule has 16 heavy (non-hydrogen) atoms. The quantitative estimate of drug-likeness (QED) is 0.830. The van der Waals surface area contributed by atoms with Crippen molar-refractivity contribution in [2.75, 3.05) is 5.32 Å². The highest BCUT2D eigenvalue weighted by atomic mass is 16.3. The van der Waals surface area contributed by atoms with E-state index in [9.17, 15) is 4.79 Å². The maximum absolute atomic E-state index is 11.7. The van der Waals surface area contributed by atoms with Crippen LogP contribution >= 0.6 is 0 Å². The molecule has 0 fully saturated rings. The lowest BCUT2D eigenvalue weighted by molar-refractivity contribution is 0.0994. The van der Waals surface area contributed by atoms with Crippen molar-refractivity contribution in [2.45, 2.75) is 20.3 Å². The number of aromatic amines is 1. The number of furan rings is 1. The summed E-state index contributed by atoms with van der Waals surface area (Å²) in [5.41, 5.74) is 0.885. The summed E-state index contributed by atoms with van der Waals surface area (Å²) in [6, 6.07) is 3.47. The summed E-state index contributed by atoms with van der Waals surface area (Å²) in [6.45, 7) is 3.83. The number of aromatic nitrogens is 2. The van der Waals surface area contributed by atoms with Gasteiger partial charge in [0.25, 0.3) is 5.91 Å². The summed E-state index contributed by atoms with van der Waals surface area (Å²) < 4.78 is 5.34. The average molecular weight is 219 g/mol. The summed E-state index contributed by atoms with van der Waals surface area (Å²) in [5.74, 6) is 1.43. The number of aryl methyl sites for hydroxylation is 2. The summed E-state index contributed by atoms with van der Waals surface area (Å²) in [5, 5.41) is 9.22. The first-order valence-corrected chi connectivity index (χ1v) is 5.10. The van der Waals surface area contributed by atoms with Gasteiger partial charge in [-0.25, -0.2) is 0 Å². The van der Waals surface area contributed by atoms with E-state index in [2.05, 4.69) is 15.5 Å². The van der Waals surface area contributed by atoms with Gasteiger partial charge >= 0.3 is 0 Å². The molecule has 5 nitrogen and oxygen atoms in total. The molecule has 2 N–H and O–H groups in total. The Morgan fingerprint density at radius 3 is 2.94 bits per heavy atom. The van der Waals surface area contributed by atoms with Gasteiger partial charge in [0, 0.05) is 12.0 Å². The van der Waals surface area contributed by atoms with E-state index in [-0.39, 0.29) is 5.91 Å². The molecule has 0 radical (unpaired) electrons. The molecule has 2 rings (SSSR count). The molecule has 0 unspecified atom stereocenters. The number of amides is 1. The van der Waals surface area contributed by atoms with Crippen LogP contribution in [0.4, 0.5) is 5.82 Å². The Bertz CT molecular complexity index is 499. The number of hydrogen-bond acceptors (Lipinski definition) is 3. The second kappa shape index (κ2) is 4.22. The number of hydrogen-bond donors (Lipinski definition) is 2. The Morgan fingerprint density at radius 1 is 1.56 bits per heavy atom. The number of H-pyrrole nitrogens is 1. The summed E-state index contributed by atoms with van der Waals surface area (Å²) in [6.07, 6.45) is 2.42. The zero-order chi connectivity index (χ0) is 11.5. The van der Waals surface area contributed by atoms with E-state index in [0.29, 0.717) is 11.6 Å². The van der Waals surface area contributed by atoms with Crippen LogP contribution in [0.25, 0.3) is 0 Å². The van der Waals surface area contributed by atoms with Crippen molar-refractivity contribution >= 4 is 11.7 Å². The van der Waals surface area contributed by atoms with Crippen molar-refractivity contribution in [3.05, 3.63) is 35.4 Å². The van der Waals surface area contributed by atoms with Gasteiger partial charge in [-0.1, -0.05) is 6.92 Å². The zero-order valence-corrected chi connectivity index (χ0v) is 9.20. The third-order valence-corrected chi connectivity index (χ3v) is 2.30. The Balaban J connectivity index is 2.11. The van der Waals surface area contributed by atoms with Gasteiger partial charge in [0.2, 0.25) is 0 Å². The number of nitrogens with zero attached hydrogens (tertiary/aromatic N) is 1. The highest BCUT2D eigenvalue weighted by molar-refractivity contribution is 6.02. The van der Waals surface area contributed by atoms with E-state index in [4.69, 9.17) is 4.42 Å². The second-order valence-electron chi connectivity index (χ2n) is 3.50. The number of carbonyl (C=O) groups excluding carboxylic acids is 1. The van der Waals surface area contributed by atoms with Crippen LogP contribution in [0.1, 0.15) is 28.8 Å². The third kappa shape index (κ3) is 1.98. The molecule has 0 saturated heterocycles. The van der Waals surface area contributed by atoms with Crippen molar-refractivity contribution in [2.24, 2.45) is 0 Å². The predicted molar refractivity (Wildman–Crippen MR) is 59.4 cm³/mol. The fourth-order valence-corrected chi connectivity index (χ4v) is 1.34. The van der Waals surface area contributed by atoms with Crippen molar-refractivity contribution in [1.29, 1.82) is 0 Å². The standard InChI is InChI=1S/C11H13N3O2/c1-3-8-4-5-9(16-8)11(15)13-10-7(2)6-12-14-10/h4-6H,3H2,1-2H3,(H2,12,13,14,15). The maximum atomic E-state index is 11.7. The number of rotatable bonds is 3. The van der Waals surface area contributed by atoms with Crippen LogP contribution in [0.2, 0.25) is 0 Å². The number of nitrogens with one attached hydrogen (secondary N) is 2. The van der Waals surface area contributed by atoms with E-state index < -0.39 is 0 Å². The molecule has 0 atom stereocenters. The van der Waals surface area contributed by atoms with Crippen LogP contribution in [0, 0.1) is 6.92 Å². The normalized spacial score (nSPS) is 10.4.